The van der Waals surface area contributed by atoms with Crippen LogP contribution in [-0.2, 0) is 0 Å². The molecule has 5 heteroatoms. The number of benzene rings is 2. The highest BCUT2D eigenvalue weighted by Gasteiger charge is 2.12. The first-order valence-corrected chi connectivity index (χ1v) is 6.78. The van der Waals surface area contributed by atoms with Gasteiger partial charge in [-0.1, -0.05) is 18.2 Å². The standard InChI is InChI=1S/C14H10N4S/c15-18-13-8-3-1-2-4-9(8)17-10-5-6-11-14(12(10)13)19-7-16-11/h1-7H,15H2,(H,17,18). The van der Waals surface area contributed by atoms with Crippen LogP contribution in [0.4, 0.5) is 5.69 Å². The van der Waals surface area contributed by atoms with E-state index < -0.39 is 0 Å². The van der Waals surface area contributed by atoms with Gasteiger partial charge in [-0.3, -0.25) is 5.84 Å². The zero-order chi connectivity index (χ0) is 12.8. The van der Waals surface area contributed by atoms with Crippen molar-refractivity contribution >= 4 is 49.0 Å². The molecule has 4 rings (SSSR count). The minimum Gasteiger partial charge on any atom is -0.323 e. The number of thiazole rings is 1. The van der Waals surface area contributed by atoms with E-state index in [0.29, 0.717) is 0 Å². The fraction of sp³-hybridized carbons (Fsp3) is 0. The summed E-state index contributed by atoms with van der Waals surface area (Å²) >= 11 is 1.61. The summed E-state index contributed by atoms with van der Waals surface area (Å²) in [7, 11) is 0. The summed E-state index contributed by atoms with van der Waals surface area (Å²) in [6, 6.07) is 12.0. The summed E-state index contributed by atoms with van der Waals surface area (Å²) in [6.45, 7) is 0. The van der Waals surface area contributed by atoms with Gasteiger partial charge >= 0.3 is 0 Å². The Morgan fingerprint density at radius 2 is 1.84 bits per heavy atom. The van der Waals surface area contributed by atoms with E-state index in [1.807, 2.05) is 41.9 Å². The molecule has 0 spiro atoms. The van der Waals surface area contributed by atoms with Crippen molar-refractivity contribution in [2.75, 3.05) is 5.43 Å². The number of pyridine rings is 1. The average molecular weight is 266 g/mol. The van der Waals surface area contributed by atoms with Crippen LogP contribution in [0.3, 0.4) is 0 Å². The number of rotatable bonds is 1. The third-order valence-corrected chi connectivity index (χ3v) is 4.15. The molecule has 4 aromatic rings. The first-order valence-electron chi connectivity index (χ1n) is 5.90. The van der Waals surface area contributed by atoms with E-state index in [-0.39, 0.29) is 0 Å². The predicted molar refractivity (Wildman–Crippen MR) is 80.2 cm³/mol. The van der Waals surface area contributed by atoms with Gasteiger partial charge in [-0.2, -0.15) is 0 Å². The van der Waals surface area contributed by atoms with Crippen molar-refractivity contribution in [1.29, 1.82) is 0 Å². The van der Waals surface area contributed by atoms with Crippen molar-refractivity contribution in [2.45, 2.75) is 0 Å². The number of hydrogen-bond acceptors (Lipinski definition) is 5. The largest absolute Gasteiger partial charge is 0.323 e. The van der Waals surface area contributed by atoms with E-state index in [1.54, 1.807) is 11.3 Å². The monoisotopic (exact) mass is 266 g/mol. The lowest BCUT2D eigenvalue weighted by Crippen LogP contribution is -2.08. The maximum Gasteiger partial charge on any atom is 0.0820 e. The number of para-hydroxylation sites is 1. The van der Waals surface area contributed by atoms with E-state index in [1.165, 1.54) is 0 Å². The van der Waals surface area contributed by atoms with Crippen molar-refractivity contribution < 1.29 is 0 Å². The molecule has 2 heterocycles. The minimum absolute atomic E-state index is 0.912. The number of hydrogen-bond donors (Lipinski definition) is 2. The molecule has 0 amide bonds. The molecular formula is C14H10N4S. The second-order valence-electron chi connectivity index (χ2n) is 4.31. The predicted octanol–water partition coefficient (Wildman–Crippen LogP) is 3.28. The Morgan fingerprint density at radius 1 is 1.00 bits per heavy atom. The number of fused-ring (bicyclic) bond motifs is 4. The molecule has 0 atom stereocenters. The van der Waals surface area contributed by atoms with E-state index >= 15 is 0 Å². The highest BCUT2D eigenvalue weighted by atomic mass is 32.1. The van der Waals surface area contributed by atoms with Gasteiger partial charge in [0.15, 0.2) is 0 Å². The Morgan fingerprint density at radius 3 is 2.74 bits per heavy atom. The SMILES string of the molecule is NNc1c2ccccc2nc2ccc3ncsc3c12. The van der Waals surface area contributed by atoms with Gasteiger partial charge in [0.25, 0.3) is 0 Å². The molecule has 0 aliphatic heterocycles. The summed E-state index contributed by atoms with van der Waals surface area (Å²) in [6.07, 6.45) is 0. The molecule has 0 aliphatic rings. The Hall–Kier alpha value is -2.24. The third-order valence-electron chi connectivity index (χ3n) is 3.29. The van der Waals surface area contributed by atoms with Crippen LogP contribution in [0.5, 0.6) is 0 Å². The van der Waals surface area contributed by atoms with Crippen LogP contribution in [0.15, 0.2) is 41.9 Å². The van der Waals surface area contributed by atoms with Crippen LogP contribution in [0.2, 0.25) is 0 Å². The van der Waals surface area contributed by atoms with E-state index in [2.05, 4.69) is 10.4 Å². The Balaban J connectivity index is 2.34. The number of nitrogens with zero attached hydrogens (tertiary/aromatic N) is 2. The number of hydrazine groups is 1. The smallest absolute Gasteiger partial charge is 0.0820 e. The lowest BCUT2D eigenvalue weighted by atomic mass is 10.1. The van der Waals surface area contributed by atoms with Gasteiger partial charge in [-0.25, -0.2) is 9.97 Å². The molecule has 3 N–H and O–H groups in total. The zero-order valence-electron chi connectivity index (χ0n) is 9.92. The van der Waals surface area contributed by atoms with Crippen LogP contribution >= 0.6 is 11.3 Å². The highest BCUT2D eigenvalue weighted by molar-refractivity contribution is 7.17. The van der Waals surface area contributed by atoms with Gasteiger partial charge in [-0.15, -0.1) is 11.3 Å². The summed E-state index contributed by atoms with van der Waals surface area (Å²) in [5.41, 5.74) is 8.44. The molecule has 2 aromatic heterocycles. The Labute approximate surface area is 112 Å². The molecule has 0 fully saturated rings. The van der Waals surface area contributed by atoms with Crippen molar-refractivity contribution in [2.24, 2.45) is 5.84 Å². The van der Waals surface area contributed by atoms with Gasteiger partial charge in [0.1, 0.15) is 0 Å². The third kappa shape index (κ3) is 1.43. The number of nitrogens with two attached hydrogens (primary N) is 1. The summed E-state index contributed by atoms with van der Waals surface area (Å²) in [4.78, 5) is 9.05. The maximum absolute atomic E-state index is 5.75. The van der Waals surface area contributed by atoms with Gasteiger partial charge in [0.2, 0.25) is 0 Å². The van der Waals surface area contributed by atoms with Gasteiger partial charge in [0.05, 0.1) is 32.4 Å². The van der Waals surface area contributed by atoms with E-state index in [9.17, 15) is 0 Å². The van der Waals surface area contributed by atoms with Gasteiger partial charge in [0, 0.05) is 10.8 Å². The van der Waals surface area contributed by atoms with Gasteiger partial charge < -0.3 is 5.43 Å². The molecule has 4 nitrogen and oxygen atoms in total. The first kappa shape index (κ1) is 10.7. The molecule has 0 unspecified atom stereocenters. The Kier molecular flexibility index (Phi) is 2.18. The highest BCUT2D eigenvalue weighted by Crippen LogP contribution is 2.36. The topological polar surface area (TPSA) is 63.8 Å². The summed E-state index contributed by atoms with van der Waals surface area (Å²) in [5.74, 6) is 5.75. The molecule has 2 aromatic carbocycles. The second kappa shape index (κ2) is 3.88. The normalized spacial score (nSPS) is 11.4. The fourth-order valence-electron chi connectivity index (χ4n) is 2.45. The molecule has 0 aliphatic carbocycles. The molecule has 0 saturated carbocycles. The van der Waals surface area contributed by atoms with E-state index in [0.717, 1.165) is 37.7 Å². The number of nitrogens with one attached hydrogen (secondary N) is 1. The lowest BCUT2D eigenvalue weighted by Gasteiger charge is -2.10. The van der Waals surface area contributed by atoms with Gasteiger partial charge in [-0.05, 0) is 18.2 Å². The summed E-state index contributed by atoms with van der Waals surface area (Å²) in [5, 5.41) is 2.07. The first-order chi connectivity index (χ1) is 9.38. The van der Waals surface area contributed by atoms with Crippen molar-refractivity contribution in [3.8, 4) is 0 Å². The van der Waals surface area contributed by atoms with Crippen molar-refractivity contribution in [1.82, 2.24) is 9.97 Å². The quantitative estimate of drug-likeness (QED) is 0.315. The van der Waals surface area contributed by atoms with Crippen LogP contribution < -0.4 is 11.3 Å². The van der Waals surface area contributed by atoms with Crippen LogP contribution in [0.25, 0.3) is 32.0 Å². The average Bonchev–Trinajstić information content (AvgIpc) is 2.93. The minimum atomic E-state index is 0.912. The summed E-state index contributed by atoms with van der Waals surface area (Å²) < 4.78 is 1.11. The number of nitrogen functional groups attached to an aromatic ring is 1. The van der Waals surface area contributed by atoms with Crippen LogP contribution in [0, 0.1) is 0 Å². The maximum atomic E-state index is 5.75. The zero-order valence-corrected chi connectivity index (χ0v) is 10.7. The molecule has 19 heavy (non-hydrogen) atoms. The number of aromatic nitrogens is 2. The fourth-order valence-corrected chi connectivity index (χ4v) is 3.29. The molecule has 0 radical (unpaired) electrons. The molecule has 0 saturated heterocycles. The second-order valence-corrected chi connectivity index (χ2v) is 5.16. The van der Waals surface area contributed by atoms with Crippen molar-refractivity contribution in [3.05, 3.63) is 41.9 Å². The van der Waals surface area contributed by atoms with E-state index in [4.69, 9.17) is 10.8 Å². The lowest BCUT2D eigenvalue weighted by molar-refractivity contribution is 1.37. The number of anilines is 1. The molecule has 92 valence electrons. The van der Waals surface area contributed by atoms with Crippen molar-refractivity contribution in [3.63, 3.8) is 0 Å². The van der Waals surface area contributed by atoms with Crippen LogP contribution in [0.1, 0.15) is 0 Å². The molecule has 0 bridgehead atoms. The Bertz CT molecular complexity index is 913. The molecular weight excluding hydrogens is 256 g/mol. The van der Waals surface area contributed by atoms with Crippen LogP contribution in [-0.4, -0.2) is 9.97 Å².